The fourth-order valence-electron chi connectivity index (χ4n) is 1.32. The molecule has 1 unspecified atom stereocenters. The maximum absolute atomic E-state index is 5.84. The van der Waals surface area contributed by atoms with Gasteiger partial charge in [0, 0.05) is 44.8 Å². The van der Waals surface area contributed by atoms with Gasteiger partial charge >= 0.3 is 0 Å². The zero-order chi connectivity index (χ0) is 10.4. The van der Waals surface area contributed by atoms with Crippen LogP contribution in [0.2, 0.25) is 0 Å². The van der Waals surface area contributed by atoms with Crippen molar-refractivity contribution in [1.82, 2.24) is 4.98 Å². The van der Waals surface area contributed by atoms with E-state index in [1.54, 1.807) is 19.5 Å². The van der Waals surface area contributed by atoms with Crippen LogP contribution in [0.3, 0.4) is 0 Å². The lowest BCUT2D eigenvalue weighted by atomic mass is 10.3. The number of rotatable bonds is 5. The van der Waals surface area contributed by atoms with Crippen molar-refractivity contribution in [2.24, 2.45) is 5.73 Å². The second-order valence-corrected chi connectivity index (χ2v) is 3.30. The minimum Gasteiger partial charge on any atom is -0.383 e. The Bertz CT molecular complexity index is 253. The molecular weight excluding hydrogens is 178 g/mol. The highest BCUT2D eigenvalue weighted by Crippen LogP contribution is 2.09. The third-order valence-corrected chi connectivity index (χ3v) is 1.99. The first kappa shape index (κ1) is 10.9. The smallest absolute Gasteiger partial charge is 0.0631 e. The van der Waals surface area contributed by atoms with E-state index < -0.39 is 0 Å². The quantitative estimate of drug-likeness (QED) is 0.743. The van der Waals surface area contributed by atoms with Gasteiger partial charge in [0.15, 0.2) is 0 Å². The van der Waals surface area contributed by atoms with Crippen molar-refractivity contribution < 1.29 is 4.74 Å². The Hall–Kier alpha value is -1.13. The number of hydrogen-bond donors (Lipinski definition) is 1. The van der Waals surface area contributed by atoms with Crippen LogP contribution in [-0.2, 0) is 4.74 Å². The van der Waals surface area contributed by atoms with E-state index in [1.165, 1.54) is 0 Å². The van der Waals surface area contributed by atoms with Crippen molar-refractivity contribution in [1.29, 1.82) is 0 Å². The molecule has 0 aliphatic heterocycles. The van der Waals surface area contributed by atoms with Gasteiger partial charge in [0.2, 0.25) is 0 Å². The lowest BCUT2D eigenvalue weighted by Gasteiger charge is -2.22. The fourth-order valence-corrected chi connectivity index (χ4v) is 1.32. The van der Waals surface area contributed by atoms with Crippen molar-refractivity contribution in [2.75, 3.05) is 32.2 Å². The predicted molar refractivity (Wildman–Crippen MR) is 57.4 cm³/mol. The number of pyridine rings is 1. The molecule has 2 N–H and O–H groups in total. The van der Waals surface area contributed by atoms with E-state index in [0.29, 0.717) is 6.61 Å². The fraction of sp³-hybridized carbons (Fsp3) is 0.500. The highest BCUT2D eigenvalue weighted by molar-refractivity contribution is 5.43. The molecule has 78 valence electrons. The number of methoxy groups -OCH3 is 1. The lowest BCUT2D eigenvalue weighted by molar-refractivity contribution is 0.181. The number of nitrogens with zero attached hydrogens (tertiary/aromatic N) is 2. The summed E-state index contributed by atoms with van der Waals surface area (Å²) >= 11 is 0. The van der Waals surface area contributed by atoms with Gasteiger partial charge in [0.05, 0.1) is 6.61 Å². The van der Waals surface area contributed by atoms with E-state index in [4.69, 9.17) is 10.5 Å². The van der Waals surface area contributed by atoms with Crippen molar-refractivity contribution in [3.05, 3.63) is 24.5 Å². The minimum absolute atomic E-state index is 0.0400. The van der Waals surface area contributed by atoms with Crippen molar-refractivity contribution in [3.63, 3.8) is 0 Å². The maximum Gasteiger partial charge on any atom is 0.0631 e. The first-order valence-corrected chi connectivity index (χ1v) is 4.59. The average molecular weight is 195 g/mol. The van der Waals surface area contributed by atoms with Gasteiger partial charge in [0.25, 0.3) is 0 Å². The van der Waals surface area contributed by atoms with Gasteiger partial charge in [0.1, 0.15) is 0 Å². The van der Waals surface area contributed by atoms with E-state index in [0.717, 1.165) is 12.2 Å². The van der Waals surface area contributed by atoms with Gasteiger partial charge in [-0.3, -0.25) is 4.98 Å². The topological polar surface area (TPSA) is 51.4 Å². The van der Waals surface area contributed by atoms with Crippen LogP contribution in [0.1, 0.15) is 0 Å². The average Bonchev–Trinajstić information content (AvgIpc) is 2.19. The normalized spacial score (nSPS) is 12.5. The van der Waals surface area contributed by atoms with Gasteiger partial charge in [-0.05, 0) is 12.1 Å². The molecule has 0 fully saturated rings. The first-order chi connectivity index (χ1) is 6.74. The third-order valence-electron chi connectivity index (χ3n) is 1.99. The molecule has 1 rings (SSSR count). The standard InChI is InChI=1S/C10H17N3O/c1-13(7-9(11)8-14-2)10-3-5-12-6-4-10/h3-6,9H,7-8,11H2,1-2H3. The largest absolute Gasteiger partial charge is 0.383 e. The van der Waals surface area contributed by atoms with Gasteiger partial charge in [-0.15, -0.1) is 0 Å². The highest BCUT2D eigenvalue weighted by Gasteiger charge is 2.06. The van der Waals surface area contributed by atoms with E-state index in [9.17, 15) is 0 Å². The summed E-state index contributed by atoms with van der Waals surface area (Å²) in [6.45, 7) is 1.35. The minimum atomic E-state index is 0.0400. The van der Waals surface area contributed by atoms with Gasteiger partial charge in [-0.2, -0.15) is 0 Å². The van der Waals surface area contributed by atoms with Crippen LogP contribution >= 0.6 is 0 Å². The van der Waals surface area contributed by atoms with Crippen molar-refractivity contribution >= 4 is 5.69 Å². The molecule has 0 bridgehead atoms. The molecule has 0 aliphatic rings. The van der Waals surface area contributed by atoms with Crippen LogP contribution in [0.15, 0.2) is 24.5 Å². The Morgan fingerprint density at radius 3 is 2.71 bits per heavy atom. The van der Waals surface area contributed by atoms with Crippen LogP contribution in [0, 0.1) is 0 Å². The summed E-state index contributed by atoms with van der Waals surface area (Å²) in [6.07, 6.45) is 3.54. The number of aromatic nitrogens is 1. The lowest BCUT2D eigenvalue weighted by Crippen LogP contribution is -2.38. The Kier molecular flexibility index (Phi) is 4.35. The predicted octanol–water partition coefficient (Wildman–Crippen LogP) is 0.491. The zero-order valence-electron chi connectivity index (χ0n) is 8.68. The molecule has 0 saturated heterocycles. The van der Waals surface area contributed by atoms with Crippen LogP contribution in [0.5, 0.6) is 0 Å². The first-order valence-electron chi connectivity index (χ1n) is 4.59. The maximum atomic E-state index is 5.84. The summed E-state index contributed by atoms with van der Waals surface area (Å²) < 4.78 is 4.98. The molecule has 4 heteroatoms. The Labute approximate surface area is 84.7 Å². The molecule has 1 heterocycles. The molecule has 1 aromatic heterocycles. The van der Waals surface area contributed by atoms with E-state index in [1.807, 2.05) is 19.2 Å². The van der Waals surface area contributed by atoms with Crippen LogP contribution < -0.4 is 10.6 Å². The Morgan fingerprint density at radius 2 is 2.14 bits per heavy atom. The second-order valence-electron chi connectivity index (χ2n) is 3.30. The molecular formula is C10H17N3O. The molecule has 0 radical (unpaired) electrons. The molecule has 1 atom stereocenters. The van der Waals surface area contributed by atoms with E-state index in [2.05, 4.69) is 9.88 Å². The van der Waals surface area contributed by atoms with Crippen LogP contribution in [-0.4, -0.2) is 38.3 Å². The number of ether oxygens (including phenoxy) is 1. The molecule has 0 aromatic carbocycles. The monoisotopic (exact) mass is 195 g/mol. The third kappa shape index (κ3) is 3.32. The summed E-state index contributed by atoms with van der Waals surface area (Å²) in [6, 6.07) is 3.96. The summed E-state index contributed by atoms with van der Waals surface area (Å²) in [7, 11) is 3.66. The van der Waals surface area contributed by atoms with Crippen molar-refractivity contribution in [3.8, 4) is 0 Å². The highest BCUT2D eigenvalue weighted by atomic mass is 16.5. The molecule has 0 saturated carbocycles. The van der Waals surface area contributed by atoms with Gasteiger partial charge in [-0.1, -0.05) is 0 Å². The molecule has 14 heavy (non-hydrogen) atoms. The van der Waals surface area contributed by atoms with E-state index in [-0.39, 0.29) is 6.04 Å². The zero-order valence-corrected chi connectivity index (χ0v) is 8.68. The van der Waals surface area contributed by atoms with Crippen LogP contribution in [0.4, 0.5) is 5.69 Å². The van der Waals surface area contributed by atoms with E-state index >= 15 is 0 Å². The SMILES string of the molecule is COCC(N)CN(C)c1ccncc1. The number of likely N-dealkylation sites (N-methyl/N-ethyl adjacent to an activating group) is 1. The Balaban J connectivity index is 2.46. The number of nitrogens with two attached hydrogens (primary N) is 1. The molecule has 0 amide bonds. The molecule has 4 nitrogen and oxygen atoms in total. The Morgan fingerprint density at radius 1 is 1.50 bits per heavy atom. The number of hydrogen-bond acceptors (Lipinski definition) is 4. The second kappa shape index (κ2) is 5.57. The van der Waals surface area contributed by atoms with Gasteiger partial charge in [-0.25, -0.2) is 0 Å². The summed E-state index contributed by atoms with van der Waals surface area (Å²) in [5.41, 5.74) is 6.96. The van der Waals surface area contributed by atoms with Crippen molar-refractivity contribution in [2.45, 2.75) is 6.04 Å². The summed E-state index contributed by atoms with van der Waals surface area (Å²) in [5, 5.41) is 0. The molecule has 0 aliphatic carbocycles. The molecule has 0 spiro atoms. The number of anilines is 1. The van der Waals surface area contributed by atoms with Crippen LogP contribution in [0.25, 0.3) is 0 Å². The van der Waals surface area contributed by atoms with Gasteiger partial charge < -0.3 is 15.4 Å². The molecule has 1 aromatic rings. The summed E-state index contributed by atoms with van der Waals surface area (Å²) in [4.78, 5) is 6.05. The summed E-state index contributed by atoms with van der Waals surface area (Å²) in [5.74, 6) is 0.